The van der Waals surface area contributed by atoms with Gasteiger partial charge in [-0.15, -0.1) is 0 Å². The van der Waals surface area contributed by atoms with E-state index in [4.69, 9.17) is 4.42 Å². The van der Waals surface area contributed by atoms with E-state index in [1.807, 2.05) is 36.0 Å². The van der Waals surface area contributed by atoms with Crippen LogP contribution >= 0.6 is 0 Å². The molecule has 0 unspecified atom stereocenters. The third-order valence-corrected chi connectivity index (χ3v) is 1.58. The quantitative estimate of drug-likeness (QED) is 0.503. The first-order valence-corrected chi connectivity index (χ1v) is 3.20. The molecule has 0 spiro atoms. The van der Waals surface area contributed by atoms with E-state index >= 15 is 0 Å². The molecule has 0 aromatic carbocycles. The summed E-state index contributed by atoms with van der Waals surface area (Å²) in [4.78, 5) is 0. The van der Waals surface area contributed by atoms with Gasteiger partial charge in [-0.25, -0.2) is 0 Å². The summed E-state index contributed by atoms with van der Waals surface area (Å²) < 4.78 is 7.17. The van der Waals surface area contributed by atoms with E-state index in [-0.39, 0.29) is 0 Å². The minimum absolute atomic E-state index is 0.919. The molecule has 2 rings (SSSR count). The molecule has 0 amide bonds. The van der Waals surface area contributed by atoms with Crippen LogP contribution in [0.25, 0.3) is 11.5 Å². The number of aromatic nitrogens is 1. The normalized spacial score (nSPS) is 10.5. The molecule has 0 atom stereocenters. The molecule has 2 nitrogen and oxygen atoms in total. The molecule has 0 aromatic heterocycles. The summed E-state index contributed by atoms with van der Waals surface area (Å²) in [6, 6.07) is 5.98. The van der Waals surface area contributed by atoms with Crippen LogP contribution in [0.5, 0.6) is 0 Å². The fourth-order valence-electron chi connectivity index (χ4n) is 1.07. The number of hydrogen-bond acceptors (Lipinski definition) is 0. The molecule has 10 heavy (non-hydrogen) atoms. The van der Waals surface area contributed by atoms with Gasteiger partial charge >= 0.3 is 12.2 Å². The van der Waals surface area contributed by atoms with Crippen LogP contribution in [0.3, 0.4) is 0 Å². The molecule has 2 aliphatic rings. The van der Waals surface area contributed by atoms with E-state index in [0.29, 0.717) is 0 Å². The zero-order chi connectivity index (χ0) is 6.97. The molecule has 0 N–H and O–H groups in total. The van der Waals surface area contributed by atoms with E-state index in [9.17, 15) is 0 Å². The number of rotatable bonds is 0. The summed E-state index contributed by atoms with van der Waals surface area (Å²) in [5.41, 5.74) is 1.14. The summed E-state index contributed by atoms with van der Waals surface area (Å²) in [6.07, 6.45) is 3.66. The van der Waals surface area contributed by atoms with Gasteiger partial charge in [-0.05, 0) is 12.1 Å². The third kappa shape index (κ3) is 0.620. The molecule has 2 aliphatic heterocycles. The van der Waals surface area contributed by atoms with Crippen LogP contribution in [0.2, 0.25) is 0 Å². The van der Waals surface area contributed by atoms with Crippen molar-refractivity contribution < 1.29 is 4.42 Å². The van der Waals surface area contributed by atoms with Crippen molar-refractivity contribution in [2.24, 2.45) is 7.05 Å². The minimum atomic E-state index is 0.919. The number of hydrogen-bond donors (Lipinski definition) is 0. The predicted octanol–water partition coefficient (Wildman–Crippen LogP) is 2.00. The largest absolute Gasteiger partial charge is 0.440 e. The number of nitrogens with zero attached hydrogens (tertiary/aromatic N) is 1. The van der Waals surface area contributed by atoms with E-state index in [1.54, 1.807) is 6.26 Å². The second-order valence-electron chi connectivity index (χ2n) is 2.30. The Morgan fingerprint density at radius 3 is 3.10 bits per heavy atom. The fraction of sp³-hybridized carbons (Fsp3) is 0.125. The molecule has 0 bridgehead atoms. The van der Waals surface area contributed by atoms with Crippen LogP contribution in [0.1, 0.15) is 0 Å². The molecular formula is C8H8NO+. The minimum Gasteiger partial charge on any atom is -0.271 e. The van der Waals surface area contributed by atoms with Crippen LogP contribution in [0, 0.1) is 0 Å². The fourth-order valence-corrected chi connectivity index (χ4v) is 1.07. The molecule has 0 saturated carbocycles. The van der Waals surface area contributed by atoms with Gasteiger partial charge in [0.15, 0.2) is 0 Å². The maximum atomic E-state index is 5.21. The van der Waals surface area contributed by atoms with Gasteiger partial charge in [0.2, 0.25) is 0 Å². The van der Waals surface area contributed by atoms with Gasteiger partial charge < -0.3 is 0 Å². The monoisotopic (exact) mass is 134 g/mol. The molecule has 0 radical (unpaired) electrons. The molecular weight excluding hydrogens is 126 g/mol. The van der Waals surface area contributed by atoms with E-state index in [0.717, 1.165) is 11.5 Å². The standard InChI is InChI=1S/C8H8NO/c1-9-5-2-3-7-4-6-10-8(7)9/h2-6H,1H3/q+1. The zero-order valence-corrected chi connectivity index (χ0v) is 5.74. The van der Waals surface area contributed by atoms with E-state index < -0.39 is 0 Å². The second kappa shape index (κ2) is 1.84. The van der Waals surface area contributed by atoms with Crippen molar-refractivity contribution in [3.8, 4) is 11.5 Å². The third-order valence-electron chi connectivity index (χ3n) is 1.58. The summed E-state index contributed by atoms with van der Waals surface area (Å²) in [6.45, 7) is 0. The predicted molar refractivity (Wildman–Crippen MR) is 38.7 cm³/mol. The van der Waals surface area contributed by atoms with Crippen LogP contribution in [-0.4, -0.2) is 4.57 Å². The summed E-state index contributed by atoms with van der Waals surface area (Å²) in [7, 11) is 1.96. The van der Waals surface area contributed by atoms with Gasteiger partial charge in [-0.3, -0.25) is 4.57 Å². The number of aryl methyl sites for hydroxylation is 1. The van der Waals surface area contributed by atoms with Crippen LogP contribution in [-0.2, 0) is 7.05 Å². The Hall–Kier alpha value is -1.31. The topological polar surface area (TPSA) is 16.2 Å². The smallest absolute Gasteiger partial charge is 0.271 e. The van der Waals surface area contributed by atoms with E-state index in [2.05, 4.69) is 0 Å². The van der Waals surface area contributed by atoms with Crippen LogP contribution in [0.4, 0.5) is 0 Å². The molecule has 0 aromatic rings. The van der Waals surface area contributed by atoms with Crippen molar-refractivity contribution in [1.82, 2.24) is 4.57 Å². The highest BCUT2D eigenvalue weighted by Gasteiger charge is 2.16. The van der Waals surface area contributed by atoms with Crippen molar-refractivity contribution in [2.45, 2.75) is 0 Å². The molecule has 0 saturated heterocycles. The average molecular weight is 134 g/mol. The van der Waals surface area contributed by atoms with Gasteiger partial charge in [-0.2, -0.15) is 4.42 Å². The first-order valence-electron chi connectivity index (χ1n) is 3.20. The summed E-state index contributed by atoms with van der Waals surface area (Å²) in [5.74, 6) is 0.919. The van der Waals surface area contributed by atoms with E-state index in [1.165, 1.54) is 0 Å². The van der Waals surface area contributed by atoms with Crippen molar-refractivity contribution in [2.75, 3.05) is 0 Å². The second-order valence-corrected chi connectivity index (χ2v) is 2.30. The lowest BCUT2D eigenvalue weighted by molar-refractivity contribution is 0.540. The first kappa shape index (κ1) is 5.47. The number of fused-ring (bicyclic) bond motifs is 1. The van der Waals surface area contributed by atoms with Crippen molar-refractivity contribution >= 4 is 0 Å². The summed E-state index contributed by atoms with van der Waals surface area (Å²) in [5, 5.41) is 0. The summed E-state index contributed by atoms with van der Waals surface area (Å²) >= 11 is 0. The highest BCUT2D eigenvalue weighted by atomic mass is 16.3. The van der Waals surface area contributed by atoms with Gasteiger partial charge in [0, 0.05) is 13.2 Å². The molecule has 2 heteroatoms. The van der Waals surface area contributed by atoms with Crippen LogP contribution < -0.4 is 0 Å². The van der Waals surface area contributed by atoms with Gasteiger partial charge in [0.05, 0.1) is 6.07 Å². The Balaban J connectivity index is 2.80. The van der Waals surface area contributed by atoms with Crippen molar-refractivity contribution in [3.05, 3.63) is 30.7 Å². The van der Waals surface area contributed by atoms with Crippen molar-refractivity contribution in [1.29, 1.82) is 0 Å². The SMILES string of the molecule is Cn1cccc2cc[o+]c1-2. The Labute approximate surface area is 59.1 Å². The van der Waals surface area contributed by atoms with Gasteiger partial charge in [0.1, 0.15) is 5.56 Å². The lowest BCUT2D eigenvalue weighted by Crippen LogP contribution is -1.92. The lowest BCUT2D eigenvalue weighted by Gasteiger charge is -1.93. The van der Waals surface area contributed by atoms with Crippen molar-refractivity contribution in [3.63, 3.8) is 0 Å². The Morgan fingerprint density at radius 2 is 2.30 bits per heavy atom. The molecule has 2 heterocycles. The lowest BCUT2D eigenvalue weighted by atomic mass is 10.3. The first-order chi connectivity index (χ1) is 4.88. The molecule has 50 valence electrons. The average Bonchev–Trinajstić information content (AvgIpc) is 2.36. The van der Waals surface area contributed by atoms with Crippen LogP contribution in [0.15, 0.2) is 35.1 Å². The maximum Gasteiger partial charge on any atom is 0.440 e. The number of pyridine rings is 1. The highest BCUT2D eigenvalue weighted by Crippen LogP contribution is 2.20. The maximum absolute atomic E-state index is 5.21. The van der Waals surface area contributed by atoms with Gasteiger partial charge in [0.25, 0.3) is 0 Å². The zero-order valence-electron chi connectivity index (χ0n) is 5.74. The Bertz CT molecular complexity index is 313. The Morgan fingerprint density at radius 1 is 1.40 bits per heavy atom. The Kier molecular flexibility index (Phi) is 1.01. The molecule has 0 fully saturated rings. The van der Waals surface area contributed by atoms with Gasteiger partial charge in [-0.1, -0.05) is 0 Å². The number of furan rings is 1. The molecule has 0 aliphatic carbocycles. The highest BCUT2D eigenvalue weighted by molar-refractivity contribution is 5.53.